The molecule has 0 radical (unpaired) electrons. The molecule has 1 atom stereocenters. The molecule has 0 saturated carbocycles. The quantitative estimate of drug-likeness (QED) is 0.443. The number of halogens is 1. The first-order valence-electron chi connectivity index (χ1n) is 5.49. The second-order valence-corrected chi connectivity index (χ2v) is 3.80. The van der Waals surface area contributed by atoms with Crippen LogP contribution < -0.4 is 11.3 Å². The van der Waals surface area contributed by atoms with Crippen molar-refractivity contribution in [3.05, 3.63) is 35.1 Å². The monoisotopic (exact) mass is 226 g/mol. The number of ether oxygens (including phenoxy) is 1. The lowest BCUT2D eigenvalue weighted by Gasteiger charge is -2.16. The fraction of sp³-hybridized carbons (Fsp3) is 0.500. The highest BCUT2D eigenvalue weighted by molar-refractivity contribution is 5.25. The van der Waals surface area contributed by atoms with Gasteiger partial charge in [0, 0.05) is 6.61 Å². The van der Waals surface area contributed by atoms with E-state index in [-0.39, 0.29) is 11.9 Å². The van der Waals surface area contributed by atoms with Gasteiger partial charge < -0.3 is 4.74 Å². The zero-order valence-corrected chi connectivity index (χ0v) is 9.79. The average Bonchev–Trinajstić information content (AvgIpc) is 2.29. The van der Waals surface area contributed by atoms with Gasteiger partial charge in [-0.25, -0.2) is 4.39 Å². The maximum atomic E-state index is 13.4. The normalized spacial score (nSPS) is 12.8. The molecule has 4 heteroatoms. The molecule has 3 nitrogen and oxygen atoms in total. The highest BCUT2D eigenvalue weighted by Crippen LogP contribution is 2.16. The first-order chi connectivity index (χ1) is 7.69. The third-order valence-electron chi connectivity index (χ3n) is 2.43. The van der Waals surface area contributed by atoms with Gasteiger partial charge >= 0.3 is 0 Å². The van der Waals surface area contributed by atoms with Crippen LogP contribution in [0.25, 0.3) is 0 Å². The van der Waals surface area contributed by atoms with Gasteiger partial charge in [-0.3, -0.25) is 11.3 Å². The molecule has 16 heavy (non-hydrogen) atoms. The Hall–Kier alpha value is -0.970. The van der Waals surface area contributed by atoms with E-state index in [0.29, 0.717) is 18.8 Å². The maximum absolute atomic E-state index is 13.4. The van der Waals surface area contributed by atoms with E-state index in [9.17, 15) is 4.39 Å². The van der Waals surface area contributed by atoms with Gasteiger partial charge in [0.25, 0.3) is 0 Å². The van der Waals surface area contributed by atoms with Crippen LogP contribution in [0.15, 0.2) is 18.2 Å². The molecule has 3 N–H and O–H groups in total. The van der Waals surface area contributed by atoms with E-state index in [2.05, 4.69) is 5.43 Å². The van der Waals surface area contributed by atoms with Gasteiger partial charge in [-0.15, -0.1) is 0 Å². The lowest BCUT2D eigenvalue weighted by Crippen LogP contribution is -2.31. The van der Waals surface area contributed by atoms with Crippen LogP contribution in [0.3, 0.4) is 0 Å². The predicted octanol–water partition coefficient (Wildman–Crippen LogP) is 2.07. The minimum atomic E-state index is -0.215. The summed E-state index contributed by atoms with van der Waals surface area (Å²) < 4.78 is 18.8. The Morgan fingerprint density at radius 3 is 2.81 bits per heavy atom. The Bertz CT molecular complexity index is 331. The third-order valence-corrected chi connectivity index (χ3v) is 2.43. The van der Waals surface area contributed by atoms with Crippen molar-refractivity contribution in [1.29, 1.82) is 0 Å². The third kappa shape index (κ3) is 3.56. The number of hydrogen-bond acceptors (Lipinski definition) is 3. The highest BCUT2D eigenvalue weighted by Gasteiger charge is 2.11. The maximum Gasteiger partial charge on any atom is 0.126 e. The zero-order chi connectivity index (χ0) is 12.0. The van der Waals surface area contributed by atoms with Crippen molar-refractivity contribution >= 4 is 0 Å². The number of rotatable bonds is 6. The summed E-state index contributed by atoms with van der Waals surface area (Å²) in [6.07, 6.45) is 0.958. The first kappa shape index (κ1) is 13.1. The molecule has 0 spiro atoms. The van der Waals surface area contributed by atoms with Crippen LogP contribution in [0.4, 0.5) is 4.39 Å². The van der Waals surface area contributed by atoms with E-state index >= 15 is 0 Å². The van der Waals surface area contributed by atoms with Crippen LogP contribution in [0.5, 0.6) is 0 Å². The lowest BCUT2D eigenvalue weighted by atomic mass is 10.1. The van der Waals surface area contributed by atoms with Crippen LogP contribution in [0, 0.1) is 12.7 Å². The van der Waals surface area contributed by atoms with E-state index < -0.39 is 0 Å². The second kappa shape index (κ2) is 6.58. The Morgan fingerprint density at radius 2 is 2.25 bits per heavy atom. The van der Waals surface area contributed by atoms with Crippen LogP contribution in [0.1, 0.15) is 30.5 Å². The molecular formula is C12H19FN2O. The molecule has 1 rings (SSSR count). The number of hydrazine groups is 1. The van der Waals surface area contributed by atoms with E-state index in [1.165, 1.54) is 6.07 Å². The Kier molecular flexibility index (Phi) is 5.38. The Labute approximate surface area is 95.8 Å². The van der Waals surface area contributed by atoms with Crippen LogP contribution in [-0.4, -0.2) is 13.2 Å². The summed E-state index contributed by atoms with van der Waals surface area (Å²) in [4.78, 5) is 0. The largest absolute Gasteiger partial charge is 0.379 e. The van der Waals surface area contributed by atoms with Crippen molar-refractivity contribution in [1.82, 2.24) is 5.43 Å². The Morgan fingerprint density at radius 1 is 1.50 bits per heavy atom. The number of hydrogen-bond donors (Lipinski definition) is 2. The molecule has 0 aliphatic carbocycles. The van der Waals surface area contributed by atoms with Gasteiger partial charge in [-0.2, -0.15) is 0 Å². The van der Waals surface area contributed by atoms with Gasteiger partial charge in [0.2, 0.25) is 0 Å². The lowest BCUT2D eigenvalue weighted by molar-refractivity contribution is 0.112. The van der Waals surface area contributed by atoms with E-state index in [0.717, 1.165) is 12.0 Å². The fourth-order valence-corrected chi connectivity index (χ4v) is 1.41. The van der Waals surface area contributed by atoms with Crippen LogP contribution in [-0.2, 0) is 4.74 Å². The molecule has 1 aromatic rings. The molecule has 0 aromatic heterocycles. The van der Waals surface area contributed by atoms with Gasteiger partial charge in [0.05, 0.1) is 12.6 Å². The molecule has 0 saturated heterocycles. The summed E-state index contributed by atoms with van der Waals surface area (Å²) in [5.41, 5.74) is 4.07. The van der Waals surface area contributed by atoms with Gasteiger partial charge in [-0.1, -0.05) is 19.1 Å². The molecule has 1 unspecified atom stereocenters. The second-order valence-electron chi connectivity index (χ2n) is 3.80. The molecule has 0 aliphatic heterocycles. The van der Waals surface area contributed by atoms with Crippen molar-refractivity contribution in [2.45, 2.75) is 26.3 Å². The van der Waals surface area contributed by atoms with E-state index in [1.54, 1.807) is 13.0 Å². The molecule has 0 amide bonds. The molecule has 90 valence electrons. The molecule has 0 heterocycles. The minimum Gasteiger partial charge on any atom is -0.379 e. The van der Waals surface area contributed by atoms with E-state index in [4.69, 9.17) is 10.6 Å². The standard InChI is InChI=1S/C12H19FN2O/c1-3-6-16-8-12(15-14)10-5-4-9(2)11(13)7-10/h4-5,7,12,15H,3,6,8,14H2,1-2H3. The summed E-state index contributed by atoms with van der Waals surface area (Å²) in [6.45, 7) is 4.91. The van der Waals surface area contributed by atoms with Crippen molar-refractivity contribution in [3.63, 3.8) is 0 Å². The predicted molar refractivity (Wildman–Crippen MR) is 62.3 cm³/mol. The molecule has 0 aliphatic rings. The van der Waals surface area contributed by atoms with Crippen molar-refractivity contribution in [2.75, 3.05) is 13.2 Å². The van der Waals surface area contributed by atoms with Gasteiger partial charge in [-0.05, 0) is 30.5 Å². The Balaban J connectivity index is 2.67. The summed E-state index contributed by atoms with van der Waals surface area (Å²) in [5, 5.41) is 0. The van der Waals surface area contributed by atoms with Crippen molar-refractivity contribution < 1.29 is 9.13 Å². The van der Waals surface area contributed by atoms with Gasteiger partial charge in [0.15, 0.2) is 0 Å². The SMILES string of the molecule is CCCOCC(NN)c1ccc(C)c(F)c1. The average molecular weight is 226 g/mol. The van der Waals surface area contributed by atoms with Gasteiger partial charge in [0.1, 0.15) is 5.82 Å². The topological polar surface area (TPSA) is 47.3 Å². The zero-order valence-electron chi connectivity index (χ0n) is 9.79. The first-order valence-corrected chi connectivity index (χ1v) is 5.49. The van der Waals surface area contributed by atoms with Crippen molar-refractivity contribution in [2.24, 2.45) is 5.84 Å². The minimum absolute atomic E-state index is 0.165. The summed E-state index contributed by atoms with van der Waals surface area (Å²) in [5.74, 6) is 5.21. The molecule has 1 aromatic carbocycles. The number of nitrogens with one attached hydrogen (secondary N) is 1. The molecule has 0 fully saturated rings. The molecular weight excluding hydrogens is 207 g/mol. The number of nitrogens with two attached hydrogens (primary N) is 1. The smallest absolute Gasteiger partial charge is 0.126 e. The summed E-state index contributed by atoms with van der Waals surface area (Å²) in [6, 6.07) is 4.93. The highest BCUT2D eigenvalue weighted by atomic mass is 19.1. The molecule has 0 bridgehead atoms. The van der Waals surface area contributed by atoms with Crippen molar-refractivity contribution in [3.8, 4) is 0 Å². The summed E-state index contributed by atoms with van der Waals surface area (Å²) >= 11 is 0. The van der Waals surface area contributed by atoms with E-state index in [1.807, 2.05) is 13.0 Å². The fourth-order valence-electron chi connectivity index (χ4n) is 1.41. The number of benzene rings is 1. The van der Waals surface area contributed by atoms with Crippen LogP contribution in [0.2, 0.25) is 0 Å². The van der Waals surface area contributed by atoms with Crippen LogP contribution >= 0.6 is 0 Å². The number of aryl methyl sites for hydroxylation is 1. The summed E-state index contributed by atoms with van der Waals surface area (Å²) in [7, 11) is 0.